The molecule has 1 aromatic rings. The van der Waals surface area contributed by atoms with Crippen LogP contribution in [0.3, 0.4) is 0 Å². The highest BCUT2D eigenvalue weighted by Gasteiger charge is 2.13. The Morgan fingerprint density at radius 2 is 2.12 bits per heavy atom. The fourth-order valence-electron chi connectivity index (χ4n) is 2.23. The molecule has 0 fully saturated rings. The minimum Gasteiger partial charge on any atom is -0.324 e. The molecule has 1 aromatic carbocycles. The van der Waals surface area contributed by atoms with Crippen LogP contribution in [0.1, 0.15) is 36.8 Å². The van der Waals surface area contributed by atoms with Crippen LogP contribution < -0.4 is 5.73 Å². The molecule has 0 bridgehead atoms. The average molecular weight is 219 g/mol. The first kappa shape index (κ1) is 11.3. The Hall–Kier alpha value is -1.15. The lowest BCUT2D eigenvalue weighted by molar-refractivity contribution is 0.622. The van der Waals surface area contributed by atoms with Gasteiger partial charge in [-0.05, 0) is 43.9 Å². The van der Waals surface area contributed by atoms with Crippen LogP contribution in [0.5, 0.6) is 0 Å². The molecule has 0 amide bonds. The van der Waals surface area contributed by atoms with Gasteiger partial charge in [-0.15, -0.1) is 0 Å². The molecule has 2 rings (SSSR count). The van der Waals surface area contributed by atoms with E-state index in [2.05, 4.69) is 0 Å². The van der Waals surface area contributed by atoms with Crippen LogP contribution in [0.4, 0.5) is 4.39 Å². The van der Waals surface area contributed by atoms with Crippen molar-refractivity contribution in [1.29, 1.82) is 0 Å². The summed E-state index contributed by atoms with van der Waals surface area (Å²) in [6, 6.07) is 5.34. The molecule has 1 unspecified atom stereocenters. The van der Waals surface area contributed by atoms with Crippen molar-refractivity contribution in [3.8, 4) is 0 Å². The third-order valence-electron chi connectivity index (χ3n) is 3.12. The molecule has 0 aromatic heterocycles. The predicted molar refractivity (Wildman–Crippen MR) is 65.6 cm³/mol. The first-order chi connectivity index (χ1) is 7.66. The molecule has 86 valence electrons. The number of hydrogen-bond acceptors (Lipinski definition) is 1. The van der Waals surface area contributed by atoms with Gasteiger partial charge < -0.3 is 5.73 Å². The van der Waals surface area contributed by atoms with E-state index in [-0.39, 0.29) is 11.9 Å². The van der Waals surface area contributed by atoms with Gasteiger partial charge in [0.15, 0.2) is 0 Å². The first-order valence-corrected chi connectivity index (χ1v) is 5.89. The molecule has 0 heterocycles. The number of hydrogen-bond donors (Lipinski definition) is 1. The SMILES string of the molecule is Cc1ccc(F)c(C2=CC(N)CCCC2)c1. The lowest BCUT2D eigenvalue weighted by atomic mass is 9.99. The van der Waals surface area contributed by atoms with E-state index < -0.39 is 0 Å². The molecule has 2 N–H and O–H groups in total. The van der Waals surface area contributed by atoms with Crippen LogP contribution in [0, 0.1) is 12.7 Å². The highest BCUT2D eigenvalue weighted by molar-refractivity contribution is 5.67. The molecule has 1 nitrogen and oxygen atoms in total. The molecule has 0 aliphatic heterocycles. The van der Waals surface area contributed by atoms with Crippen LogP contribution in [0.2, 0.25) is 0 Å². The molecular weight excluding hydrogens is 201 g/mol. The van der Waals surface area contributed by atoms with Gasteiger partial charge in [0.2, 0.25) is 0 Å². The second kappa shape index (κ2) is 4.79. The molecule has 1 aliphatic carbocycles. The summed E-state index contributed by atoms with van der Waals surface area (Å²) < 4.78 is 13.7. The predicted octanol–water partition coefficient (Wildman–Crippen LogP) is 3.42. The van der Waals surface area contributed by atoms with Gasteiger partial charge in [0.1, 0.15) is 5.82 Å². The van der Waals surface area contributed by atoms with Crippen LogP contribution in [-0.2, 0) is 0 Å². The summed E-state index contributed by atoms with van der Waals surface area (Å²) in [5.74, 6) is -0.133. The monoisotopic (exact) mass is 219 g/mol. The molecule has 0 saturated carbocycles. The number of halogens is 1. The molecule has 0 spiro atoms. The maximum Gasteiger partial charge on any atom is 0.130 e. The van der Waals surface area contributed by atoms with E-state index in [4.69, 9.17) is 5.73 Å². The minimum atomic E-state index is -0.133. The summed E-state index contributed by atoms with van der Waals surface area (Å²) >= 11 is 0. The van der Waals surface area contributed by atoms with Gasteiger partial charge in [-0.25, -0.2) is 4.39 Å². The quantitative estimate of drug-likeness (QED) is 0.769. The van der Waals surface area contributed by atoms with Crippen molar-refractivity contribution in [1.82, 2.24) is 0 Å². The van der Waals surface area contributed by atoms with Crippen molar-refractivity contribution in [3.05, 3.63) is 41.2 Å². The number of benzene rings is 1. The summed E-state index contributed by atoms with van der Waals surface area (Å²) in [6.45, 7) is 1.99. The zero-order valence-electron chi connectivity index (χ0n) is 9.67. The van der Waals surface area contributed by atoms with E-state index >= 15 is 0 Å². The Balaban J connectivity index is 2.38. The highest BCUT2D eigenvalue weighted by Crippen LogP contribution is 2.28. The van der Waals surface area contributed by atoms with Crippen LogP contribution in [-0.4, -0.2) is 6.04 Å². The van der Waals surface area contributed by atoms with Crippen molar-refractivity contribution in [2.24, 2.45) is 5.73 Å². The van der Waals surface area contributed by atoms with Gasteiger partial charge in [-0.2, -0.15) is 0 Å². The topological polar surface area (TPSA) is 26.0 Å². The van der Waals surface area contributed by atoms with Crippen molar-refractivity contribution in [2.45, 2.75) is 38.6 Å². The third-order valence-corrected chi connectivity index (χ3v) is 3.12. The number of aryl methyl sites for hydroxylation is 1. The standard InChI is InChI=1S/C14H18FN/c1-10-6-7-14(15)13(8-10)11-4-2-3-5-12(16)9-11/h6-9,12H,2-5,16H2,1H3. The Morgan fingerprint density at radius 1 is 1.31 bits per heavy atom. The molecule has 2 heteroatoms. The maximum absolute atomic E-state index is 13.7. The number of rotatable bonds is 1. The van der Waals surface area contributed by atoms with Crippen molar-refractivity contribution >= 4 is 5.57 Å². The van der Waals surface area contributed by atoms with Crippen molar-refractivity contribution < 1.29 is 4.39 Å². The van der Waals surface area contributed by atoms with E-state index in [1.54, 1.807) is 12.1 Å². The molecular formula is C14H18FN. The summed E-state index contributed by atoms with van der Waals surface area (Å²) in [5.41, 5.74) is 8.85. The largest absolute Gasteiger partial charge is 0.324 e. The number of allylic oxidation sites excluding steroid dienone is 1. The van der Waals surface area contributed by atoms with Crippen molar-refractivity contribution in [3.63, 3.8) is 0 Å². The Labute approximate surface area is 96.2 Å². The Morgan fingerprint density at radius 3 is 2.94 bits per heavy atom. The van der Waals surface area contributed by atoms with Gasteiger partial charge in [0.05, 0.1) is 0 Å². The Bertz CT molecular complexity index is 409. The van der Waals surface area contributed by atoms with Gasteiger partial charge >= 0.3 is 0 Å². The van der Waals surface area contributed by atoms with E-state index in [0.29, 0.717) is 0 Å². The summed E-state index contributed by atoms with van der Waals surface area (Å²) in [5, 5.41) is 0. The van der Waals surface area contributed by atoms with E-state index in [1.807, 2.05) is 19.1 Å². The number of nitrogens with two attached hydrogens (primary N) is 1. The lowest BCUT2D eigenvalue weighted by Crippen LogP contribution is -2.15. The molecule has 1 aliphatic rings. The maximum atomic E-state index is 13.7. The van der Waals surface area contributed by atoms with Crippen molar-refractivity contribution in [2.75, 3.05) is 0 Å². The van der Waals surface area contributed by atoms with Gasteiger partial charge in [0, 0.05) is 11.6 Å². The highest BCUT2D eigenvalue weighted by atomic mass is 19.1. The summed E-state index contributed by atoms with van der Waals surface area (Å²) in [6.07, 6.45) is 6.22. The molecule has 16 heavy (non-hydrogen) atoms. The molecule has 0 saturated heterocycles. The Kier molecular flexibility index (Phi) is 3.39. The zero-order chi connectivity index (χ0) is 11.5. The van der Waals surface area contributed by atoms with Crippen LogP contribution in [0.25, 0.3) is 5.57 Å². The van der Waals surface area contributed by atoms with Gasteiger partial charge in [-0.1, -0.05) is 24.1 Å². The van der Waals surface area contributed by atoms with E-state index in [0.717, 1.165) is 42.4 Å². The average Bonchev–Trinajstić information content (AvgIpc) is 2.46. The van der Waals surface area contributed by atoms with Gasteiger partial charge in [-0.3, -0.25) is 0 Å². The fraction of sp³-hybridized carbons (Fsp3) is 0.429. The van der Waals surface area contributed by atoms with E-state index in [9.17, 15) is 4.39 Å². The second-order valence-corrected chi connectivity index (χ2v) is 4.58. The fourth-order valence-corrected chi connectivity index (χ4v) is 2.23. The lowest BCUT2D eigenvalue weighted by Gasteiger charge is -2.09. The molecule has 1 atom stereocenters. The first-order valence-electron chi connectivity index (χ1n) is 5.89. The summed E-state index contributed by atoms with van der Waals surface area (Å²) in [7, 11) is 0. The normalized spacial score (nSPS) is 21.4. The second-order valence-electron chi connectivity index (χ2n) is 4.58. The van der Waals surface area contributed by atoms with Crippen LogP contribution >= 0.6 is 0 Å². The van der Waals surface area contributed by atoms with E-state index in [1.165, 1.54) is 0 Å². The van der Waals surface area contributed by atoms with Gasteiger partial charge in [0.25, 0.3) is 0 Å². The summed E-state index contributed by atoms with van der Waals surface area (Å²) in [4.78, 5) is 0. The molecule has 0 radical (unpaired) electrons. The third kappa shape index (κ3) is 2.50. The zero-order valence-corrected chi connectivity index (χ0v) is 9.67. The smallest absolute Gasteiger partial charge is 0.130 e. The van der Waals surface area contributed by atoms with Crippen LogP contribution in [0.15, 0.2) is 24.3 Å². The minimum absolute atomic E-state index is 0.0809.